The van der Waals surface area contributed by atoms with Crippen LogP contribution in [0.3, 0.4) is 0 Å². The van der Waals surface area contributed by atoms with Crippen molar-refractivity contribution in [2.75, 3.05) is 20.6 Å². The molecule has 0 aromatic heterocycles. The highest BCUT2D eigenvalue weighted by atomic mass is 19.1. The van der Waals surface area contributed by atoms with Crippen molar-refractivity contribution in [3.63, 3.8) is 0 Å². The van der Waals surface area contributed by atoms with E-state index in [1.165, 1.54) is 38.2 Å². The van der Waals surface area contributed by atoms with Crippen molar-refractivity contribution < 1.29 is 4.39 Å². The number of hydrogen-bond donors (Lipinski definition) is 1. The van der Waals surface area contributed by atoms with Gasteiger partial charge in [0.1, 0.15) is 5.82 Å². The Balaban J connectivity index is 2.36. The molecular formula is C18H29FN2. The number of hydrogen-bond acceptors (Lipinski definition) is 2. The molecule has 1 atom stereocenters. The van der Waals surface area contributed by atoms with Crippen LogP contribution in [0.1, 0.15) is 57.1 Å². The number of rotatable bonds is 6. The summed E-state index contributed by atoms with van der Waals surface area (Å²) < 4.78 is 13.7. The van der Waals surface area contributed by atoms with Gasteiger partial charge in [-0.2, -0.15) is 0 Å². The minimum Gasteiger partial charge on any atom is -0.308 e. The van der Waals surface area contributed by atoms with E-state index in [1.807, 2.05) is 6.07 Å². The van der Waals surface area contributed by atoms with Crippen molar-refractivity contribution in [2.45, 2.75) is 57.0 Å². The van der Waals surface area contributed by atoms with Crippen molar-refractivity contribution in [3.05, 3.63) is 35.6 Å². The highest BCUT2D eigenvalue weighted by Gasteiger charge is 2.42. The average molecular weight is 292 g/mol. The van der Waals surface area contributed by atoms with Crippen molar-refractivity contribution in [3.8, 4) is 0 Å². The smallest absolute Gasteiger partial charge is 0.123 e. The molecule has 3 heteroatoms. The average Bonchev–Trinajstić information content (AvgIpc) is 2.48. The maximum Gasteiger partial charge on any atom is 0.123 e. The molecule has 0 saturated heterocycles. The molecule has 0 heterocycles. The third kappa shape index (κ3) is 3.64. The van der Waals surface area contributed by atoms with E-state index in [2.05, 4.69) is 37.3 Å². The van der Waals surface area contributed by atoms with Crippen LogP contribution in [-0.2, 0) is 0 Å². The predicted molar refractivity (Wildman–Crippen MR) is 86.9 cm³/mol. The Bertz CT molecular complexity index is 439. The van der Waals surface area contributed by atoms with Gasteiger partial charge in [-0.3, -0.25) is 0 Å². The molecular weight excluding hydrogens is 263 g/mol. The fraction of sp³-hybridized carbons (Fsp3) is 0.667. The number of halogens is 1. The summed E-state index contributed by atoms with van der Waals surface area (Å²) in [6, 6.07) is 7.33. The van der Waals surface area contributed by atoms with Crippen LogP contribution in [0, 0.1) is 5.82 Å². The first-order chi connectivity index (χ1) is 10.1. The van der Waals surface area contributed by atoms with E-state index in [9.17, 15) is 4.39 Å². The van der Waals surface area contributed by atoms with Gasteiger partial charge in [-0.15, -0.1) is 0 Å². The quantitative estimate of drug-likeness (QED) is 0.848. The first-order valence-corrected chi connectivity index (χ1v) is 8.26. The van der Waals surface area contributed by atoms with Gasteiger partial charge in [0.25, 0.3) is 0 Å². The van der Waals surface area contributed by atoms with Crippen LogP contribution >= 0.6 is 0 Å². The fourth-order valence-electron chi connectivity index (χ4n) is 3.75. The summed E-state index contributed by atoms with van der Waals surface area (Å²) in [4.78, 5) is 2.37. The first-order valence-electron chi connectivity index (χ1n) is 8.26. The zero-order valence-electron chi connectivity index (χ0n) is 13.7. The molecule has 1 aliphatic carbocycles. The highest BCUT2D eigenvalue weighted by Crippen LogP contribution is 2.42. The largest absolute Gasteiger partial charge is 0.308 e. The Morgan fingerprint density at radius 3 is 2.52 bits per heavy atom. The maximum absolute atomic E-state index is 13.7. The zero-order valence-corrected chi connectivity index (χ0v) is 13.7. The lowest BCUT2D eigenvalue weighted by molar-refractivity contribution is 0.0563. The zero-order chi connectivity index (χ0) is 15.3. The van der Waals surface area contributed by atoms with Gasteiger partial charge in [-0.25, -0.2) is 4.39 Å². The summed E-state index contributed by atoms with van der Waals surface area (Å²) in [6.45, 7) is 3.15. The molecule has 1 N–H and O–H groups in total. The van der Waals surface area contributed by atoms with Crippen molar-refractivity contribution in [1.29, 1.82) is 0 Å². The van der Waals surface area contributed by atoms with Crippen molar-refractivity contribution in [2.24, 2.45) is 0 Å². The summed E-state index contributed by atoms with van der Waals surface area (Å²) >= 11 is 0. The van der Waals surface area contributed by atoms with Gasteiger partial charge in [0.05, 0.1) is 6.04 Å². The molecule has 1 fully saturated rings. The third-order valence-corrected chi connectivity index (χ3v) is 4.93. The monoisotopic (exact) mass is 292 g/mol. The summed E-state index contributed by atoms with van der Waals surface area (Å²) in [5.41, 5.74) is 1.18. The molecule has 1 saturated carbocycles. The lowest BCUT2D eigenvalue weighted by atomic mass is 9.73. The van der Waals surface area contributed by atoms with Gasteiger partial charge in [0.15, 0.2) is 0 Å². The summed E-state index contributed by atoms with van der Waals surface area (Å²) in [6.07, 6.45) is 7.29. The second kappa shape index (κ2) is 7.37. The molecule has 1 unspecified atom stereocenters. The molecule has 0 radical (unpaired) electrons. The Morgan fingerprint density at radius 2 is 1.95 bits per heavy atom. The Morgan fingerprint density at radius 1 is 1.24 bits per heavy atom. The number of nitrogens with one attached hydrogen (secondary N) is 1. The van der Waals surface area contributed by atoms with E-state index >= 15 is 0 Å². The highest BCUT2D eigenvalue weighted by molar-refractivity contribution is 5.25. The summed E-state index contributed by atoms with van der Waals surface area (Å²) in [5, 5.41) is 3.70. The van der Waals surface area contributed by atoms with Gasteiger partial charge in [-0.1, -0.05) is 38.3 Å². The van der Waals surface area contributed by atoms with Crippen LogP contribution in [0.4, 0.5) is 4.39 Å². The fourth-order valence-corrected chi connectivity index (χ4v) is 3.75. The van der Waals surface area contributed by atoms with Crippen LogP contribution < -0.4 is 5.32 Å². The van der Waals surface area contributed by atoms with Gasteiger partial charge < -0.3 is 10.2 Å². The van der Waals surface area contributed by atoms with Crippen molar-refractivity contribution >= 4 is 0 Å². The number of benzene rings is 1. The summed E-state index contributed by atoms with van der Waals surface area (Å²) in [5.74, 6) is -0.138. The predicted octanol–water partition coefficient (Wildman–Crippen LogP) is 4.13. The molecule has 0 bridgehead atoms. The summed E-state index contributed by atoms with van der Waals surface area (Å²) in [7, 11) is 4.34. The third-order valence-electron chi connectivity index (χ3n) is 4.93. The van der Waals surface area contributed by atoms with Crippen LogP contribution in [0.5, 0.6) is 0 Å². The molecule has 2 rings (SSSR count). The Hall–Kier alpha value is -0.930. The molecule has 118 valence electrons. The molecule has 1 aromatic rings. The first kappa shape index (κ1) is 16.4. The van der Waals surface area contributed by atoms with E-state index in [0.717, 1.165) is 18.5 Å². The Kier molecular flexibility index (Phi) is 5.77. The van der Waals surface area contributed by atoms with E-state index in [1.54, 1.807) is 6.07 Å². The lowest BCUT2D eigenvalue weighted by Crippen LogP contribution is -2.55. The van der Waals surface area contributed by atoms with Gasteiger partial charge in [0, 0.05) is 5.54 Å². The molecule has 21 heavy (non-hydrogen) atoms. The SMILES string of the molecule is CCCNC(c1cccc(F)c1)C1(N(C)C)CCCCC1. The van der Waals surface area contributed by atoms with E-state index in [-0.39, 0.29) is 17.4 Å². The van der Waals surface area contributed by atoms with Crippen LogP contribution in [0.25, 0.3) is 0 Å². The molecule has 0 aliphatic heterocycles. The second-order valence-corrected chi connectivity index (χ2v) is 6.50. The normalized spacial score (nSPS) is 19.7. The van der Waals surface area contributed by atoms with Crippen molar-refractivity contribution in [1.82, 2.24) is 10.2 Å². The minimum absolute atomic E-state index is 0.0984. The van der Waals surface area contributed by atoms with E-state index in [4.69, 9.17) is 0 Å². The van der Waals surface area contributed by atoms with Crippen LogP contribution in [0.2, 0.25) is 0 Å². The van der Waals surface area contributed by atoms with E-state index in [0.29, 0.717) is 0 Å². The number of nitrogens with zero attached hydrogens (tertiary/aromatic N) is 1. The number of likely N-dealkylation sites (N-methyl/N-ethyl adjacent to an activating group) is 1. The Labute approximate surface area is 128 Å². The van der Waals surface area contributed by atoms with Gasteiger partial charge in [0.2, 0.25) is 0 Å². The maximum atomic E-state index is 13.7. The van der Waals surface area contributed by atoms with Crippen LogP contribution in [-0.4, -0.2) is 31.1 Å². The minimum atomic E-state index is -0.138. The molecule has 2 nitrogen and oxygen atoms in total. The van der Waals surface area contributed by atoms with Gasteiger partial charge in [-0.05, 0) is 57.6 Å². The topological polar surface area (TPSA) is 15.3 Å². The molecule has 0 spiro atoms. The molecule has 0 amide bonds. The standard InChI is InChI=1S/C18H29FN2/c1-4-13-20-17(15-9-8-10-16(19)14-15)18(21(2)3)11-6-5-7-12-18/h8-10,14,17,20H,4-7,11-13H2,1-3H3. The van der Waals surface area contributed by atoms with Crippen LogP contribution in [0.15, 0.2) is 24.3 Å². The lowest BCUT2D eigenvalue weighted by Gasteiger charge is -2.49. The second-order valence-electron chi connectivity index (χ2n) is 6.50. The van der Waals surface area contributed by atoms with E-state index < -0.39 is 0 Å². The van der Waals surface area contributed by atoms with Gasteiger partial charge >= 0.3 is 0 Å². The molecule has 1 aromatic carbocycles. The molecule has 1 aliphatic rings.